The molecule has 0 saturated carbocycles. The second-order valence-corrected chi connectivity index (χ2v) is 5.92. The Morgan fingerprint density at radius 1 is 1.21 bits per heavy atom. The van der Waals surface area contributed by atoms with E-state index in [4.69, 9.17) is 0 Å². The third kappa shape index (κ3) is 3.06. The summed E-state index contributed by atoms with van der Waals surface area (Å²) in [5, 5.41) is 11.3. The van der Waals surface area contributed by atoms with E-state index in [9.17, 15) is 13.2 Å². The number of aryl methyl sites for hydroxylation is 2. The highest BCUT2D eigenvalue weighted by Crippen LogP contribution is 2.32. The molecule has 2 heterocycles. The predicted octanol–water partition coefficient (Wildman–Crippen LogP) is 4.19. The van der Waals surface area contributed by atoms with Crippen LogP contribution in [0.25, 0.3) is 11.1 Å². The van der Waals surface area contributed by atoms with Crippen molar-refractivity contribution in [2.75, 3.05) is 0 Å². The van der Waals surface area contributed by atoms with Crippen LogP contribution in [-0.2, 0) is 12.5 Å². The Labute approximate surface area is 137 Å². The number of alkyl halides is 2. The molecule has 0 fully saturated rings. The number of H-pyrrole nitrogens is 1. The fourth-order valence-electron chi connectivity index (χ4n) is 2.61. The second-order valence-electron chi connectivity index (χ2n) is 5.92. The van der Waals surface area contributed by atoms with Crippen LogP contribution in [0.5, 0.6) is 0 Å². The number of benzene rings is 1. The summed E-state index contributed by atoms with van der Waals surface area (Å²) in [5.41, 5.74) is 3.41. The van der Waals surface area contributed by atoms with Gasteiger partial charge in [-0.3, -0.25) is 9.78 Å². The highest BCUT2D eigenvalue weighted by atomic mass is 19.3. The Morgan fingerprint density at radius 3 is 2.58 bits per heavy atom. The number of halogens is 3. The molecular formula is C17H17F3N4. The van der Waals surface area contributed by atoms with E-state index >= 15 is 0 Å². The molecule has 0 aliphatic heterocycles. The van der Waals surface area contributed by atoms with Gasteiger partial charge in [-0.1, -0.05) is 6.07 Å². The van der Waals surface area contributed by atoms with Crippen molar-refractivity contribution in [1.29, 1.82) is 0 Å². The van der Waals surface area contributed by atoms with Gasteiger partial charge in [0.05, 0.1) is 24.0 Å². The molecule has 3 aromatic rings. The number of nitrogens with one attached hydrogen (secondary N) is 1. The number of rotatable bonds is 4. The summed E-state index contributed by atoms with van der Waals surface area (Å²) in [6.45, 7) is 5.03. The van der Waals surface area contributed by atoms with Gasteiger partial charge in [0.25, 0.3) is 5.92 Å². The molecule has 3 rings (SSSR count). The lowest BCUT2D eigenvalue weighted by molar-refractivity contribution is 0.0138. The second kappa shape index (κ2) is 5.81. The van der Waals surface area contributed by atoms with Crippen molar-refractivity contribution < 1.29 is 13.2 Å². The van der Waals surface area contributed by atoms with Gasteiger partial charge in [0.2, 0.25) is 0 Å². The van der Waals surface area contributed by atoms with Gasteiger partial charge >= 0.3 is 0 Å². The summed E-state index contributed by atoms with van der Waals surface area (Å²) in [5.74, 6) is -4.15. The van der Waals surface area contributed by atoms with Crippen molar-refractivity contribution in [3.8, 4) is 11.1 Å². The van der Waals surface area contributed by atoms with Crippen LogP contribution in [0.3, 0.4) is 0 Å². The van der Waals surface area contributed by atoms with Crippen LogP contribution < -0.4 is 0 Å². The fourth-order valence-corrected chi connectivity index (χ4v) is 2.61. The number of hydrogen-bond donors (Lipinski definition) is 1. The molecule has 0 unspecified atom stereocenters. The van der Waals surface area contributed by atoms with Crippen molar-refractivity contribution in [3.63, 3.8) is 0 Å². The van der Waals surface area contributed by atoms with Crippen LogP contribution in [0.1, 0.15) is 29.4 Å². The van der Waals surface area contributed by atoms with Crippen LogP contribution in [0.2, 0.25) is 0 Å². The van der Waals surface area contributed by atoms with Crippen molar-refractivity contribution in [2.45, 2.75) is 33.2 Å². The third-order valence-electron chi connectivity index (χ3n) is 4.01. The monoisotopic (exact) mass is 334 g/mol. The third-order valence-corrected chi connectivity index (χ3v) is 4.01. The fraction of sp³-hybridized carbons (Fsp3) is 0.294. The van der Waals surface area contributed by atoms with Crippen LogP contribution in [-0.4, -0.2) is 20.0 Å². The van der Waals surface area contributed by atoms with E-state index < -0.39 is 17.3 Å². The standard InChI is InChI=1S/C17H17F3N4/c1-10-14(11(2)23-22-10)9-24-8-13(7-21-24)12-4-5-16(18)15(6-12)17(3,19)20/h4-8H,9H2,1-3H3,(H,22,23). The van der Waals surface area contributed by atoms with Crippen LogP contribution >= 0.6 is 0 Å². The molecule has 0 aliphatic rings. The molecule has 24 heavy (non-hydrogen) atoms. The zero-order valence-corrected chi connectivity index (χ0v) is 13.6. The SMILES string of the molecule is Cc1n[nH]c(C)c1Cn1cc(-c2ccc(F)c(C(C)(F)F)c2)cn1. The van der Waals surface area contributed by atoms with Gasteiger partial charge < -0.3 is 0 Å². The Kier molecular flexibility index (Phi) is 3.95. The van der Waals surface area contributed by atoms with Crippen molar-refractivity contribution in [1.82, 2.24) is 20.0 Å². The summed E-state index contributed by atoms with van der Waals surface area (Å²) < 4.78 is 42.3. The molecule has 4 nitrogen and oxygen atoms in total. The number of aromatic nitrogens is 4. The first kappa shape index (κ1) is 16.3. The molecule has 1 N–H and O–H groups in total. The van der Waals surface area contributed by atoms with E-state index in [-0.39, 0.29) is 0 Å². The first-order valence-corrected chi connectivity index (χ1v) is 7.47. The predicted molar refractivity (Wildman–Crippen MR) is 84.4 cm³/mol. The molecule has 0 spiro atoms. The van der Waals surface area contributed by atoms with Gasteiger partial charge in [-0.05, 0) is 31.5 Å². The molecule has 7 heteroatoms. The molecule has 126 valence electrons. The maximum absolute atomic E-state index is 13.6. The normalized spacial score (nSPS) is 11.9. The minimum atomic E-state index is -3.24. The van der Waals surface area contributed by atoms with E-state index in [0.717, 1.165) is 23.0 Å². The lowest BCUT2D eigenvalue weighted by Crippen LogP contribution is -2.09. The molecule has 0 amide bonds. The molecule has 0 atom stereocenters. The van der Waals surface area contributed by atoms with Crippen LogP contribution in [0, 0.1) is 19.7 Å². The zero-order valence-electron chi connectivity index (χ0n) is 13.6. The van der Waals surface area contributed by atoms with E-state index in [1.807, 2.05) is 13.8 Å². The van der Waals surface area contributed by atoms with Crippen molar-refractivity contribution in [3.05, 3.63) is 58.9 Å². The van der Waals surface area contributed by atoms with Gasteiger partial charge in [0.15, 0.2) is 0 Å². The minimum absolute atomic E-state index is 0.500. The Morgan fingerprint density at radius 2 is 1.96 bits per heavy atom. The molecule has 1 aromatic carbocycles. The maximum atomic E-state index is 13.6. The van der Waals surface area contributed by atoms with Gasteiger partial charge in [0, 0.05) is 29.9 Å². The van der Waals surface area contributed by atoms with Gasteiger partial charge in [-0.2, -0.15) is 10.2 Å². The first-order valence-electron chi connectivity index (χ1n) is 7.47. The van der Waals surface area contributed by atoms with Gasteiger partial charge in [-0.25, -0.2) is 13.2 Å². The van der Waals surface area contributed by atoms with Crippen LogP contribution in [0.15, 0.2) is 30.6 Å². The summed E-state index contributed by atoms with van der Waals surface area (Å²) in [6, 6.07) is 3.70. The minimum Gasteiger partial charge on any atom is -0.282 e. The van der Waals surface area contributed by atoms with E-state index in [0.29, 0.717) is 24.6 Å². The molecule has 0 aliphatic carbocycles. The molecule has 0 radical (unpaired) electrons. The highest BCUT2D eigenvalue weighted by Gasteiger charge is 2.28. The molecule has 0 bridgehead atoms. The van der Waals surface area contributed by atoms with Crippen molar-refractivity contribution >= 4 is 0 Å². The molecule has 2 aromatic heterocycles. The Bertz CT molecular complexity index is 855. The van der Waals surface area contributed by atoms with E-state index in [2.05, 4.69) is 15.3 Å². The quantitative estimate of drug-likeness (QED) is 0.778. The highest BCUT2D eigenvalue weighted by molar-refractivity contribution is 5.63. The Balaban J connectivity index is 1.91. The average Bonchev–Trinajstić information content (AvgIpc) is 3.09. The zero-order chi connectivity index (χ0) is 17.5. The average molecular weight is 334 g/mol. The summed E-state index contributed by atoms with van der Waals surface area (Å²) >= 11 is 0. The lowest BCUT2D eigenvalue weighted by Gasteiger charge is -2.12. The summed E-state index contributed by atoms with van der Waals surface area (Å²) in [7, 11) is 0. The lowest BCUT2D eigenvalue weighted by atomic mass is 10.0. The maximum Gasteiger partial charge on any atom is 0.273 e. The first-order chi connectivity index (χ1) is 11.3. The molecular weight excluding hydrogens is 317 g/mol. The van der Waals surface area contributed by atoms with Gasteiger partial charge in [0.1, 0.15) is 5.82 Å². The summed E-state index contributed by atoms with van der Waals surface area (Å²) in [6.07, 6.45) is 3.33. The number of aromatic amines is 1. The van der Waals surface area contributed by atoms with Gasteiger partial charge in [-0.15, -0.1) is 0 Å². The molecule has 0 saturated heterocycles. The number of hydrogen-bond acceptors (Lipinski definition) is 2. The Hall–Kier alpha value is -2.57. The largest absolute Gasteiger partial charge is 0.282 e. The van der Waals surface area contributed by atoms with Crippen molar-refractivity contribution in [2.24, 2.45) is 0 Å². The number of nitrogens with zero attached hydrogens (tertiary/aromatic N) is 3. The van der Waals surface area contributed by atoms with Crippen LogP contribution in [0.4, 0.5) is 13.2 Å². The smallest absolute Gasteiger partial charge is 0.273 e. The van der Waals surface area contributed by atoms with E-state index in [1.54, 1.807) is 17.1 Å². The summed E-state index contributed by atoms with van der Waals surface area (Å²) in [4.78, 5) is 0. The van der Waals surface area contributed by atoms with E-state index in [1.165, 1.54) is 12.1 Å². The topological polar surface area (TPSA) is 46.5 Å².